The van der Waals surface area contributed by atoms with E-state index in [0.29, 0.717) is 19.5 Å². The number of rotatable bonds is 7. The van der Waals surface area contributed by atoms with Crippen LogP contribution >= 0.6 is 0 Å². The third-order valence-corrected chi connectivity index (χ3v) is 4.17. The lowest BCUT2D eigenvalue weighted by Crippen LogP contribution is -2.44. The summed E-state index contributed by atoms with van der Waals surface area (Å²) in [6, 6.07) is 3.36. The van der Waals surface area contributed by atoms with Crippen LogP contribution in [-0.2, 0) is 9.53 Å². The number of nitrogens with one attached hydrogen (secondary N) is 2. The van der Waals surface area contributed by atoms with E-state index < -0.39 is 29.9 Å². The molecule has 2 rings (SSSR count). The molecule has 0 bridgehead atoms. The van der Waals surface area contributed by atoms with Crippen molar-refractivity contribution in [1.29, 1.82) is 0 Å². The van der Waals surface area contributed by atoms with Crippen molar-refractivity contribution >= 4 is 29.7 Å². The van der Waals surface area contributed by atoms with Crippen LogP contribution in [0.15, 0.2) is 18.2 Å². The van der Waals surface area contributed by atoms with E-state index in [0.717, 1.165) is 11.3 Å². The molecule has 1 heterocycles. The lowest BCUT2D eigenvalue weighted by molar-refractivity contribution is -0.127. The van der Waals surface area contributed by atoms with E-state index in [1.165, 1.54) is 25.1 Å². The number of fused-ring (bicyclic) bond motifs is 1. The molecular weight excluding hydrogens is 366 g/mol. The van der Waals surface area contributed by atoms with Crippen LogP contribution in [0.4, 0.5) is 4.79 Å². The number of amides is 5. The molecule has 5 amide bonds. The molecule has 0 saturated carbocycles. The second-order valence-electron chi connectivity index (χ2n) is 6.27. The minimum absolute atomic E-state index is 0.0369. The molecule has 1 aromatic rings. The van der Waals surface area contributed by atoms with Gasteiger partial charge in [-0.05, 0) is 38.5 Å². The normalized spacial score (nSPS) is 13.8. The van der Waals surface area contributed by atoms with Crippen molar-refractivity contribution in [1.82, 2.24) is 15.5 Å². The van der Waals surface area contributed by atoms with Gasteiger partial charge < -0.3 is 10.1 Å². The highest BCUT2D eigenvalue weighted by Crippen LogP contribution is 2.24. The van der Waals surface area contributed by atoms with Crippen molar-refractivity contribution < 1.29 is 28.7 Å². The number of benzene rings is 1. The largest absolute Gasteiger partial charge is 0.449 e. The molecule has 1 atom stereocenters. The van der Waals surface area contributed by atoms with Gasteiger partial charge in [-0.15, -0.1) is 0 Å². The molecule has 0 fully saturated rings. The van der Waals surface area contributed by atoms with Crippen molar-refractivity contribution in [2.45, 2.75) is 39.7 Å². The third-order valence-electron chi connectivity index (χ3n) is 4.17. The molecule has 0 saturated heterocycles. The molecule has 150 valence electrons. The van der Waals surface area contributed by atoms with Gasteiger partial charge in [0.25, 0.3) is 17.7 Å². The van der Waals surface area contributed by atoms with Crippen LogP contribution < -0.4 is 10.6 Å². The van der Waals surface area contributed by atoms with Gasteiger partial charge in [0.2, 0.25) is 0 Å². The number of unbranched alkanes of at least 4 members (excludes halogenated alkanes) is 1. The Morgan fingerprint density at radius 1 is 1.11 bits per heavy atom. The predicted octanol–water partition coefficient (Wildman–Crippen LogP) is 1.47. The van der Waals surface area contributed by atoms with Gasteiger partial charge >= 0.3 is 12.0 Å². The van der Waals surface area contributed by atoms with Gasteiger partial charge in [0.1, 0.15) is 0 Å². The van der Waals surface area contributed by atoms with E-state index in [2.05, 4.69) is 5.32 Å². The maximum Gasteiger partial charge on any atom is 0.338 e. The number of carbonyl (C=O) groups excluding carboxylic acids is 5. The van der Waals surface area contributed by atoms with Crippen LogP contribution in [0.2, 0.25) is 0 Å². The Balaban J connectivity index is 2.08. The molecule has 1 aliphatic heterocycles. The zero-order chi connectivity index (χ0) is 20.8. The highest BCUT2D eigenvalue weighted by molar-refractivity contribution is 6.22. The first-order valence-electron chi connectivity index (χ1n) is 9.10. The Bertz CT molecular complexity index is 820. The van der Waals surface area contributed by atoms with Gasteiger partial charge in [-0.1, -0.05) is 13.3 Å². The number of urea groups is 1. The van der Waals surface area contributed by atoms with E-state index >= 15 is 0 Å². The lowest BCUT2D eigenvalue weighted by atomic mass is 10.1. The van der Waals surface area contributed by atoms with Crippen molar-refractivity contribution in [2.24, 2.45) is 0 Å². The molecular formula is C19H23N3O6. The van der Waals surface area contributed by atoms with Gasteiger partial charge in [0.15, 0.2) is 6.10 Å². The SMILES string of the molecule is CCCCN1C(=O)c2ccc(C(=O)OC(C)C(=O)NC(=O)NCC)cc2C1=O. The molecule has 0 aliphatic carbocycles. The smallest absolute Gasteiger partial charge is 0.338 e. The molecule has 2 N–H and O–H groups in total. The Hall–Kier alpha value is -3.23. The molecule has 1 aliphatic rings. The van der Waals surface area contributed by atoms with Crippen LogP contribution in [0.5, 0.6) is 0 Å². The van der Waals surface area contributed by atoms with Crippen molar-refractivity contribution in [3.8, 4) is 0 Å². The fraction of sp³-hybridized carbons (Fsp3) is 0.421. The Labute approximate surface area is 162 Å². The van der Waals surface area contributed by atoms with Gasteiger partial charge in [-0.25, -0.2) is 9.59 Å². The number of nitrogens with zero attached hydrogens (tertiary/aromatic N) is 1. The second kappa shape index (κ2) is 9.12. The first-order chi connectivity index (χ1) is 13.3. The summed E-state index contributed by atoms with van der Waals surface area (Å²) in [5.74, 6) is -2.46. The summed E-state index contributed by atoms with van der Waals surface area (Å²) in [6.07, 6.45) is 0.307. The van der Waals surface area contributed by atoms with Crippen LogP contribution in [0.1, 0.15) is 64.7 Å². The van der Waals surface area contributed by atoms with E-state index in [4.69, 9.17) is 4.74 Å². The summed E-state index contributed by atoms with van der Waals surface area (Å²) in [6.45, 7) is 5.62. The Morgan fingerprint density at radius 2 is 1.79 bits per heavy atom. The zero-order valence-electron chi connectivity index (χ0n) is 16.0. The highest BCUT2D eigenvalue weighted by Gasteiger charge is 2.35. The van der Waals surface area contributed by atoms with Gasteiger partial charge in [0.05, 0.1) is 16.7 Å². The van der Waals surface area contributed by atoms with E-state index in [1.807, 2.05) is 12.2 Å². The standard InChI is InChI=1S/C19H23N3O6/c1-4-6-9-22-16(24)13-8-7-12(10-14(13)17(22)25)18(26)28-11(3)15(23)21-19(27)20-5-2/h7-8,10-11H,4-6,9H2,1-3H3,(H2,20,21,23,27). The fourth-order valence-electron chi connectivity index (χ4n) is 2.64. The molecule has 9 heteroatoms. The monoisotopic (exact) mass is 389 g/mol. The topological polar surface area (TPSA) is 122 Å². The average molecular weight is 389 g/mol. The van der Waals surface area contributed by atoms with Gasteiger partial charge in [-0.3, -0.25) is 24.6 Å². The van der Waals surface area contributed by atoms with Gasteiger partial charge in [-0.2, -0.15) is 0 Å². The van der Waals surface area contributed by atoms with Crippen LogP contribution in [0, 0.1) is 0 Å². The molecule has 0 radical (unpaired) electrons. The highest BCUT2D eigenvalue weighted by atomic mass is 16.5. The second-order valence-corrected chi connectivity index (χ2v) is 6.27. The Kier molecular flexibility index (Phi) is 6.86. The van der Waals surface area contributed by atoms with E-state index in [1.54, 1.807) is 6.92 Å². The van der Waals surface area contributed by atoms with Crippen molar-refractivity contribution in [2.75, 3.05) is 13.1 Å². The summed E-state index contributed by atoms with van der Waals surface area (Å²) in [5.41, 5.74) is 0.407. The maximum atomic E-state index is 12.4. The number of ether oxygens (including phenoxy) is 1. The number of hydrogen-bond donors (Lipinski definition) is 2. The third kappa shape index (κ3) is 4.54. The molecule has 1 aromatic carbocycles. The van der Waals surface area contributed by atoms with Gasteiger partial charge in [0, 0.05) is 13.1 Å². The van der Waals surface area contributed by atoms with Crippen molar-refractivity contribution in [3.05, 3.63) is 34.9 Å². The minimum Gasteiger partial charge on any atom is -0.449 e. The number of hydrogen-bond acceptors (Lipinski definition) is 6. The van der Waals surface area contributed by atoms with Crippen LogP contribution in [0.3, 0.4) is 0 Å². The molecule has 1 unspecified atom stereocenters. The van der Waals surface area contributed by atoms with Crippen LogP contribution in [0.25, 0.3) is 0 Å². The first-order valence-corrected chi connectivity index (χ1v) is 9.10. The fourth-order valence-corrected chi connectivity index (χ4v) is 2.64. The number of imide groups is 2. The summed E-state index contributed by atoms with van der Waals surface area (Å²) >= 11 is 0. The maximum absolute atomic E-state index is 12.4. The lowest BCUT2D eigenvalue weighted by Gasteiger charge is -2.13. The quantitative estimate of drug-likeness (QED) is 0.538. The molecule has 0 spiro atoms. The van der Waals surface area contributed by atoms with Crippen LogP contribution in [-0.4, -0.2) is 53.8 Å². The van der Waals surface area contributed by atoms with E-state index in [-0.39, 0.29) is 22.6 Å². The summed E-state index contributed by atoms with van der Waals surface area (Å²) in [5, 5.41) is 4.43. The number of carbonyl (C=O) groups is 5. The molecule has 0 aromatic heterocycles. The summed E-state index contributed by atoms with van der Waals surface area (Å²) < 4.78 is 5.05. The molecule has 9 nitrogen and oxygen atoms in total. The summed E-state index contributed by atoms with van der Waals surface area (Å²) in [7, 11) is 0. The predicted molar refractivity (Wildman–Crippen MR) is 98.8 cm³/mol. The Morgan fingerprint density at radius 3 is 2.43 bits per heavy atom. The van der Waals surface area contributed by atoms with E-state index in [9.17, 15) is 24.0 Å². The minimum atomic E-state index is -1.22. The first kappa shape index (κ1) is 21.1. The van der Waals surface area contributed by atoms with Crippen molar-refractivity contribution in [3.63, 3.8) is 0 Å². The summed E-state index contributed by atoms with van der Waals surface area (Å²) in [4.78, 5) is 61.4. The number of esters is 1. The zero-order valence-corrected chi connectivity index (χ0v) is 16.0. The molecule has 28 heavy (non-hydrogen) atoms. The average Bonchev–Trinajstić information content (AvgIpc) is 2.90.